The number of carboxylic acid groups (broad SMARTS) is 1. The minimum Gasteiger partial charge on any atom is -0.480 e. The van der Waals surface area contributed by atoms with Gasteiger partial charge in [0.05, 0.1) is 6.42 Å². The van der Waals surface area contributed by atoms with Crippen molar-refractivity contribution < 1.29 is 33.0 Å². The third-order valence-corrected chi connectivity index (χ3v) is 4.26. The zero-order chi connectivity index (χ0) is 18.5. The van der Waals surface area contributed by atoms with E-state index in [1.54, 1.807) is 0 Å². The molecule has 0 saturated carbocycles. The Bertz CT molecular complexity index is 617. The summed E-state index contributed by atoms with van der Waals surface area (Å²) in [5.41, 5.74) is -3.20. The van der Waals surface area contributed by atoms with Crippen LogP contribution in [0.4, 0.5) is 13.2 Å². The van der Waals surface area contributed by atoms with E-state index in [0.29, 0.717) is 11.3 Å². The number of hydrogen-bond donors (Lipinski definition) is 3. The van der Waals surface area contributed by atoms with Crippen molar-refractivity contribution in [2.75, 3.05) is 0 Å². The Morgan fingerprint density at radius 2 is 2.12 bits per heavy atom. The zero-order valence-corrected chi connectivity index (χ0v) is 13.6. The zero-order valence-electron chi connectivity index (χ0n) is 12.8. The number of alkyl halides is 3. The van der Waals surface area contributed by atoms with Gasteiger partial charge in [-0.05, 0) is 19.8 Å². The van der Waals surface area contributed by atoms with Crippen molar-refractivity contribution in [3.8, 4) is 0 Å². The van der Waals surface area contributed by atoms with Crippen LogP contribution in [0.2, 0.25) is 0 Å². The average Bonchev–Trinajstić information content (AvgIpc) is 2.88. The van der Waals surface area contributed by atoms with E-state index in [2.05, 4.69) is 11.6 Å². The number of halogens is 3. The number of aliphatic carboxylic acids is 1. The van der Waals surface area contributed by atoms with Crippen LogP contribution in [-0.4, -0.2) is 39.3 Å². The molecule has 0 fully saturated rings. The molecule has 1 rings (SSSR count). The first-order valence-electron chi connectivity index (χ1n) is 6.86. The van der Waals surface area contributed by atoms with E-state index in [1.807, 2.05) is 5.32 Å². The summed E-state index contributed by atoms with van der Waals surface area (Å²) in [5.74, 6) is -2.62. The lowest BCUT2D eigenvalue weighted by molar-refractivity contribution is -0.267. The van der Waals surface area contributed by atoms with Gasteiger partial charge in [-0.25, -0.2) is 9.78 Å². The molecule has 0 aliphatic rings. The summed E-state index contributed by atoms with van der Waals surface area (Å²) in [6, 6.07) is -1.37. The summed E-state index contributed by atoms with van der Waals surface area (Å²) in [4.78, 5) is 26.5. The SMILES string of the molecule is C=CCCC(NC(=O)CC(O)(c1nc(C)cs1)C(F)(F)F)C(=O)O. The van der Waals surface area contributed by atoms with Crippen LogP contribution >= 0.6 is 11.3 Å². The Morgan fingerprint density at radius 1 is 1.50 bits per heavy atom. The molecule has 2 unspecified atom stereocenters. The summed E-state index contributed by atoms with van der Waals surface area (Å²) in [6.45, 7) is 4.85. The number of carboxylic acids is 1. The maximum Gasteiger partial charge on any atom is 0.424 e. The van der Waals surface area contributed by atoms with Crippen LogP contribution in [0, 0.1) is 6.92 Å². The molecule has 0 aliphatic heterocycles. The Morgan fingerprint density at radius 3 is 2.54 bits per heavy atom. The first-order valence-corrected chi connectivity index (χ1v) is 7.74. The fraction of sp³-hybridized carbons (Fsp3) is 0.500. The summed E-state index contributed by atoms with van der Waals surface area (Å²) in [6.07, 6.45) is -4.86. The third kappa shape index (κ3) is 4.78. The second-order valence-electron chi connectivity index (χ2n) is 5.15. The molecule has 1 aromatic rings. The summed E-state index contributed by atoms with van der Waals surface area (Å²) in [7, 11) is 0. The number of amides is 1. The van der Waals surface area contributed by atoms with Crippen molar-refractivity contribution >= 4 is 23.2 Å². The van der Waals surface area contributed by atoms with E-state index in [9.17, 15) is 27.9 Å². The van der Waals surface area contributed by atoms with Gasteiger partial charge in [0.25, 0.3) is 0 Å². The van der Waals surface area contributed by atoms with Crippen molar-refractivity contribution in [3.63, 3.8) is 0 Å². The van der Waals surface area contributed by atoms with Crippen LogP contribution in [0.1, 0.15) is 30.0 Å². The van der Waals surface area contributed by atoms with E-state index in [-0.39, 0.29) is 18.5 Å². The minimum atomic E-state index is -5.14. The predicted molar refractivity (Wildman–Crippen MR) is 80.4 cm³/mol. The fourth-order valence-corrected chi connectivity index (χ4v) is 2.78. The molecule has 0 aromatic carbocycles. The second kappa shape index (κ2) is 7.75. The van der Waals surface area contributed by atoms with E-state index in [1.165, 1.54) is 18.4 Å². The van der Waals surface area contributed by atoms with Gasteiger partial charge in [-0.3, -0.25) is 4.79 Å². The largest absolute Gasteiger partial charge is 0.480 e. The van der Waals surface area contributed by atoms with Gasteiger partial charge in [0.1, 0.15) is 11.0 Å². The lowest BCUT2D eigenvalue weighted by Gasteiger charge is -2.28. The number of aliphatic hydroxyl groups is 1. The van der Waals surface area contributed by atoms with Gasteiger partial charge in [-0.15, -0.1) is 17.9 Å². The molecule has 6 nitrogen and oxygen atoms in total. The number of carbonyl (C=O) groups is 2. The molecular weight excluding hydrogens is 349 g/mol. The molecular formula is C14H17F3N2O4S. The molecule has 1 heterocycles. The number of carbonyl (C=O) groups excluding carboxylic acids is 1. The maximum atomic E-state index is 13.3. The number of aryl methyl sites for hydroxylation is 1. The Balaban J connectivity index is 2.97. The second-order valence-corrected chi connectivity index (χ2v) is 6.01. The molecule has 0 radical (unpaired) electrons. The van der Waals surface area contributed by atoms with Crippen molar-refractivity contribution in [1.82, 2.24) is 10.3 Å². The van der Waals surface area contributed by atoms with Crippen LogP contribution < -0.4 is 5.32 Å². The molecule has 0 spiro atoms. The van der Waals surface area contributed by atoms with Crippen LogP contribution in [-0.2, 0) is 15.2 Å². The van der Waals surface area contributed by atoms with Gasteiger partial charge < -0.3 is 15.5 Å². The number of thiazole rings is 1. The standard InChI is InChI=1S/C14H17F3N2O4S/c1-3-4-5-9(11(21)22)19-10(20)6-13(23,14(15,16)17)12-18-8(2)7-24-12/h3,7,9,23H,1,4-6H2,2H3,(H,19,20)(H,21,22). The summed E-state index contributed by atoms with van der Waals surface area (Å²) >= 11 is 0.574. The first-order chi connectivity index (χ1) is 11.0. The van der Waals surface area contributed by atoms with Gasteiger partial charge in [0, 0.05) is 11.1 Å². The Kier molecular flexibility index (Phi) is 6.50. The Hall–Kier alpha value is -1.94. The van der Waals surface area contributed by atoms with Gasteiger partial charge in [-0.2, -0.15) is 13.2 Å². The monoisotopic (exact) mass is 366 g/mol. The lowest BCUT2D eigenvalue weighted by atomic mass is 9.98. The van der Waals surface area contributed by atoms with Crippen molar-refractivity contribution in [1.29, 1.82) is 0 Å². The van der Waals surface area contributed by atoms with Crippen molar-refractivity contribution in [3.05, 3.63) is 28.7 Å². The van der Waals surface area contributed by atoms with Crippen LogP contribution in [0.3, 0.4) is 0 Å². The third-order valence-electron chi connectivity index (χ3n) is 3.15. The van der Waals surface area contributed by atoms with Gasteiger partial charge in [0.2, 0.25) is 11.5 Å². The van der Waals surface area contributed by atoms with E-state index < -0.39 is 41.1 Å². The smallest absolute Gasteiger partial charge is 0.424 e. The van der Waals surface area contributed by atoms with E-state index in [4.69, 9.17) is 5.11 Å². The molecule has 2 atom stereocenters. The normalized spacial score (nSPS) is 15.4. The van der Waals surface area contributed by atoms with Crippen molar-refractivity contribution in [2.24, 2.45) is 0 Å². The lowest BCUT2D eigenvalue weighted by Crippen LogP contribution is -2.49. The Labute approximate surface area is 140 Å². The molecule has 1 amide bonds. The van der Waals surface area contributed by atoms with E-state index >= 15 is 0 Å². The van der Waals surface area contributed by atoms with Crippen molar-refractivity contribution in [2.45, 2.75) is 44.0 Å². The van der Waals surface area contributed by atoms with Gasteiger partial charge >= 0.3 is 12.1 Å². The predicted octanol–water partition coefficient (Wildman–Crippen LogP) is 2.13. The number of hydrogen-bond acceptors (Lipinski definition) is 5. The van der Waals surface area contributed by atoms with E-state index in [0.717, 1.165) is 0 Å². The fourth-order valence-electron chi connectivity index (χ4n) is 1.86. The molecule has 0 saturated heterocycles. The number of rotatable bonds is 8. The first kappa shape index (κ1) is 20.1. The number of nitrogens with one attached hydrogen (secondary N) is 1. The molecule has 0 bridgehead atoms. The highest BCUT2D eigenvalue weighted by atomic mass is 32.1. The minimum absolute atomic E-state index is 0.0224. The molecule has 24 heavy (non-hydrogen) atoms. The number of allylic oxidation sites excluding steroid dienone is 1. The highest BCUT2D eigenvalue weighted by Crippen LogP contribution is 2.42. The molecule has 10 heteroatoms. The quantitative estimate of drug-likeness (QED) is 0.612. The summed E-state index contributed by atoms with van der Waals surface area (Å²) < 4.78 is 39.8. The molecule has 3 N–H and O–H groups in total. The topological polar surface area (TPSA) is 99.5 Å². The van der Waals surface area contributed by atoms with Crippen LogP contribution in [0.25, 0.3) is 0 Å². The van der Waals surface area contributed by atoms with Crippen LogP contribution in [0.5, 0.6) is 0 Å². The highest BCUT2D eigenvalue weighted by molar-refractivity contribution is 7.09. The molecule has 1 aromatic heterocycles. The average molecular weight is 366 g/mol. The number of aromatic nitrogens is 1. The number of nitrogens with zero attached hydrogens (tertiary/aromatic N) is 1. The maximum absolute atomic E-state index is 13.3. The highest BCUT2D eigenvalue weighted by Gasteiger charge is 2.58. The summed E-state index contributed by atoms with van der Waals surface area (Å²) in [5, 5.41) is 21.6. The molecule has 134 valence electrons. The van der Waals surface area contributed by atoms with Gasteiger partial charge in [-0.1, -0.05) is 6.08 Å². The van der Waals surface area contributed by atoms with Gasteiger partial charge in [0.15, 0.2) is 0 Å². The van der Waals surface area contributed by atoms with Crippen LogP contribution in [0.15, 0.2) is 18.0 Å². The molecule has 0 aliphatic carbocycles.